The fraction of sp³-hybridized carbons (Fsp3) is 0.455. The van der Waals surface area contributed by atoms with Crippen LogP contribution in [-0.2, 0) is 3.21 Å². The molecular formula is C11H16Se2. The molecule has 0 aromatic heterocycles. The molecule has 0 saturated carbocycles. The Labute approximate surface area is 93.8 Å². The number of hydrogen-bond donors (Lipinski definition) is 0. The van der Waals surface area contributed by atoms with Gasteiger partial charge < -0.3 is 0 Å². The minimum atomic E-state index is 0.494. The van der Waals surface area contributed by atoms with Gasteiger partial charge in [0, 0.05) is 0 Å². The second-order valence-corrected chi connectivity index (χ2v) is 9.67. The molecule has 1 aromatic rings. The van der Waals surface area contributed by atoms with Crippen LogP contribution in [0.2, 0.25) is 11.6 Å². The Balaban J connectivity index is 2.99. The summed E-state index contributed by atoms with van der Waals surface area (Å²) in [4.78, 5) is 0. The Morgan fingerprint density at radius 3 is 1.85 bits per heavy atom. The fourth-order valence-corrected chi connectivity index (χ4v) is 4.90. The standard InChI is InChI=1S/C11H16Se2/c1-9-5-7-10(8-6-9)11(2,12-3)13-4/h5-8H,1-4H3. The van der Waals surface area contributed by atoms with Crippen molar-refractivity contribution >= 4 is 29.9 Å². The van der Waals surface area contributed by atoms with Gasteiger partial charge in [-0.25, -0.2) is 0 Å². The molecule has 72 valence electrons. The van der Waals surface area contributed by atoms with Gasteiger partial charge in [0.05, 0.1) is 0 Å². The second-order valence-electron chi connectivity index (χ2n) is 3.22. The van der Waals surface area contributed by atoms with Crippen LogP contribution in [-0.4, -0.2) is 29.9 Å². The van der Waals surface area contributed by atoms with E-state index in [-0.39, 0.29) is 0 Å². The first-order valence-corrected chi connectivity index (χ1v) is 9.44. The monoisotopic (exact) mass is 308 g/mol. The zero-order valence-corrected chi connectivity index (χ0v) is 12.1. The predicted molar refractivity (Wildman–Crippen MR) is 61.8 cm³/mol. The van der Waals surface area contributed by atoms with E-state index in [1.807, 2.05) is 0 Å². The van der Waals surface area contributed by atoms with E-state index in [0.29, 0.717) is 33.1 Å². The fourth-order valence-electron chi connectivity index (χ4n) is 1.18. The van der Waals surface area contributed by atoms with Crippen molar-refractivity contribution in [1.29, 1.82) is 0 Å². The molecule has 2 heteroatoms. The van der Waals surface area contributed by atoms with E-state index in [9.17, 15) is 0 Å². The first kappa shape index (κ1) is 11.3. The molecule has 0 amide bonds. The summed E-state index contributed by atoms with van der Waals surface area (Å²) in [6, 6.07) is 9.05. The van der Waals surface area contributed by atoms with Crippen molar-refractivity contribution < 1.29 is 0 Å². The van der Waals surface area contributed by atoms with Crippen LogP contribution in [0.15, 0.2) is 24.3 Å². The Morgan fingerprint density at radius 2 is 1.46 bits per heavy atom. The zero-order valence-electron chi connectivity index (χ0n) is 8.63. The van der Waals surface area contributed by atoms with Gasteiger partial charge in [0.15, 0.2) is 0 Å². The van der Waals surface area contributed by atoms with E-state index in [4.69, 9.17) is 0 Å². The van der Waals surface area contributed by atoms with Crippen LogP contribution in [0.4, 0.5) is 0 Å². The minimum absolute atomic E-state index is 0.494. The molecule has 0 atom stereocenters. The average Bonchev–Trinajstić information content (AvgIpc) is 2.18. The van der Waals surface area contributed by atoms with Crippen molar-refractivity contribution in [2.45, 2.75) is 28.7 Å². The van der Waals surface area contributed by atoms with E-state index >= 15 is 0 Å². The van der Waals surface area contributed by atoms with Crippen LogP contribution in [0.1, 0.15) is 18.1 Å². The summed E-state index contributed by atoms with van der Waals surface area (Å²) in [6.07, 6.45) is 0. The molecule has 1 rings (SSSR count). The van der Waals surface area contributed by atoms with Gasteiger partial charge in [-0.1, -0.05) is 0 Å². The van der Waals surface area contributed by atoms with Gasteiger partial charge in [-0.3, -0.25) is 0 Å². The van der Waals surface area contributed by atoms with Crippen molar-refractivity contribution in [3.63, 3.8) is 0 Å². The van der Waals surface area contributed by atoms with Crippen LogP contribution in [0.5, 0.6) is 0 Å². The molecule has 0 bridgehead atoms. The maximum atomic E-state index is 2.40. The van der Waals surface area contributed by atoms with Gasteiger partial charge in [0.25, 0.3) is 0 Å². The van der Waals surface area contributed by atoms with Crippen molar-refractivity contribution in [2.24, 2.45) is 0 Å². The molecule has 0 spiro atoms. The summed E-state index contributed by atoms with van der Waals surface area (Å²) in [5, 5.41) is 0. The normalized spacial score (nSPS) is 11.7. The van der Waals surface area contributed by atoms with Crippen LogP contribution >= 0.6 is 0 Å². The summed E-state index contributed by atoms with van der Waals surface area (Å²) in [7, 11) is 0. The SMILES string of the molecule is C[Se]C(C)([Se]C)c1ccc(C)cc1. The van der Waals surface area contributed by atoms with E-state index in [1.165, 1.54) is 11.1 Å². The number of aryl methyl sites for hydroxylation is 1. The molecule has 0 aliphatic carbocycles. The molecule has 0 N–H and O–H groups in total. The molecule has 0 fully saturated rings. The van der Waals surface area contributed by atoms with Gasteiger partial charge in [-0.2, -0.15) is 0 Å². The van der Waals surface area contributed by atoms with Crippen molar-refractivity contribution in [2.75, 3.05) is 0 Å². The molecule has 0 heterocycles. The number of rotatable bonds is 3. The van der Waals surface area contributed by atoms with Crippen LogP contribution in [0.25, 0.3) is 0 Å². The second kappa shape index (κ2) is 4.66. The average molecular weight is 306 g/mol. The molecule has 13 heavy (non-hydrogen) atoms. The van der Waals surface area contributed by atoms with E-state index in [2.05, 4.69) is 49.8 Å². The molecular weight excluding hydrogens is 290 g/mol. The van der Waals surface area contributed by atoms with E-state index < -0.39 is 0 Å². The topological polar surface area (TPSA) is 0 Å². The molecule has 0 saturated heterocycles. The quantitative estimate of drug-likeness (QED) is 0.753. The Kier molecular flexibility index (Phi) is 4.06. The van der Waals surface area contributed by atoms with Crippen LogP contribution in [0.3, 0.4) is 0 Å². The van der Waals surface area contributed by atoms with E-state index in [1.54, 1.807) is 0 Å². The van der Waals surface area contributed by atoms with Crippen molar-refractivity contribution in [3.8, 4) is 0 Å². The third kappa shape index (κ3) is 2.60. The molecule has 1 aromatic carbocycles. The summed E-state index contributed by atoms with van der Waals surface area (Å²) >= 11 is 1.41. The first-order valence-electron chi connectivity index (χ1n) is 4.30. The Morgan fingerprint density at radius 1 is 1.00 bits per heavy atom. The van der Waals surface area contributed by atoms with Gasteiger partial charge in [0.2, 0.25) is 0 Å². The third-order valence-electron chi connectivity index (χ3n) is 2.35. The van der Waals surface area contributed by atoms with Crippen LogP contribution < -0.4 is 0 Å². The Bertz CT molecular complexity index is 260. The molecule has 0 radical (unpaired) electrons. The summed E-state index contributed by atoms with van der Waals surface area (Å²) in [5.41, 5.74) is 2.89. The molecule has 0 nitrogen and oxygen atoms in total. The molecule has 0 aliphatic heterocycles. The van der Waals surface area contributed by atoms with Crippen molar-refractivity contribution in [3.05, 3.63) is 35.4 Å². The van der Waals surface area contributed by atoms with Gasteiger partial charge in [-0.05, 0) is 0 Å². The summed E-state index contributed by atoms with van der Waals surface area (Å²) in [6.45, 7) is 4.55. The summed E-state index contributed by atoms with van der Waals surface area (Å²) in [5.74, 6) is 4.69. The number of benzene rings is 1. The third-order valence-corrected chi connectivity index (χ3v) is 10.2. The molecule has 0 aliphatic rings. The van der Waals surface area contributed by atoms with Crippen molar-refractivity contribution in [1.82, 2.24) is 0 Å². The van der Waals surface area contributed by atoms with Crippen LogP contribution in [0, 0.1) is 6.92 Å². The predicted octanol–water partition coefficient (Wildman–Crippen LogP) is 2.67. The number of hydrogen-bond acceptors (Lipinski definition) is 0. The van der Waals surface area contributed by atoms with Gasteiger partial charge >= 0.3 is 94.0 Å². The molecule has 0 unspecified atom stereocenters. The Hall–Kier alpha value is 0.259. The van der Waals surface area contributed by atoms with Gasteiger partial charge in [-0.15, -0.1) is 0 Å². The maximum absolute atomic E-state index is 2.40. The van der Waals surface area contributed by atoms with Gasteiger partial charge in [0.1, 0.15) is 0 Å². The van der Waals surface area contributed by atoms with E-state index in [0.717, 1.165) is 0 Å². The zero-order chi connectivity index (χ0) is 9.90. The first-order chi connectivity index (χ1) is 6.12. The summed E-state index contributed by atoms with van der Waals surface area (Å²) < 4.78 is 0.494.